The number of fused-ring (bicyclic) bond motifs is 3. The van der Waals surface area contributed by atoms with Crippen molar-refractivity contribution in [2.45, 2.75) is 25.3 Å². The van der Waals surface area contributed by atoms with E-state index >= 15 is 4.39 Å². The number of benzene rings is 2. The van der Waals surface area contributed by atoms with E-state index in [1.54, 1.807) is 48.9 Å². The lowest BCUT2D eigenvalue weighted by atomic mass is 9.89. The summed E-state index contributed by atoms with van der Waals surface area (Å²) >= 11 is 6.62. The number of ether oxygens (including phenoxy) is 1. The highest BCUT2D eigenvalue weighted by Crippen LogP contribution is 2.39. The average molecular weight is 528 g/mol. The highest BCUT2D eigenvalue weighted by molar-refractivity contribution is 6.33. The van der Waals surface area contributed by atoms with Gasteiger partial charge in [-0.1, -0.05) is 11.6 Å². The molecule has 1 aliphatic rings. The van der Waals surface area contributed by atoms with Crippen LogP contribution in [0.5, 0.6) is 11.8 Å². The fourth-order valence-electron chi connectivity index (χ4n) is 5.09. The molecule has 2 aromatic carbocycles. The van der Waals surface area contributed by atoms with E-state index in [-0.39, 0.29) is 11.5 Å². The summed E-state index contributed by atoms with van der Waals surface area (Å²) in [5, 5.41) is 10.2. The number of halogens is 2. The molecule has 0 bridgehead atoms. The van der Waals surface area contributed by atoms with Crippen molar-refractivity contribution < 1.29 is 9.13 Å². The first-order chi connectivity index (χ1) is 18.4. The van der Waals surface area contributed by atoms with Crippen molar-refractivity contribution in [3.8, 4) is 29.0 Å². The molecule has 3 aromatic heterocycles. The minimum atomic E-state index is -0.423. The predicted molar refractivity (Wildman–Crippen MR) is 142 cm³/mol. The Morgan fingerprint density at radius 2 is 1.84 bits per heavy atom. The summed E-state index contributed by atoms with van der Waals surface area (Å²) in [5.74, 6) is 0.0253. The fraction of sp³-hybridized carbons (Fsp3) is 0.250. The van der Waals surface area contributed by atoms with Gasteiger partial charge in [-0.2, -0.15) is 5.26 Å². The number of hydrogen-bond donors (Lipinski definition) is 0. The molecule has 0 N–H and O–H groups in total. The van der Waals surface area contributed by atoms with Gasteiger partial charge in [0.25, 0.3) is 0 Å². The summed E-state index contributed by atoms with van der Waals surface area (Å²) in [6, 6.07) is 12.4. The van der Waals surface area contributed by atoms with Crippen LogP contribution in [0.3, 0.4) is 0 Å². The number of piperidine rings is 1. The highest BCUT2D eigenvalue weighted by Gasteiger charge is 2.33. The fourth-order valence-corrected chi connectivity index (χ4v) is 5.36. The van der Waals surface area contributed by atoms with E-state index in [0.717, 1.165) is 42.4 Å². The number of imidazole rings is 1. The number of nitrogens with zero attached hydrogens (tertiary/aromatic N) is 7. The van der Waals surface area contributed by atoms with Crippen LogP contribution in [0.2, 0.25) is 5.02 Å². The maximum absolute atomic E-state index is 15.4. The smallest absolute Gasteiger partial charge is 0.321 e. The van der Waals surface area contributed by atoms with Crippen molar-refractivity contribution >= 4 is 33.5 Å². The zero-order valence-electron chi connectivity index (χ0n) is 20.6. The summed E-state index contributed by atoms with van der Waals surface area (Å²) in [5.41, 5.74) is 2.90. The second kappa shape index (κ2) is 9.63. The third-order valence-corrected chi connectivity index (χ3v) is 7.57. The molecule has 1 saturated heterocycles. The van der Waals surface area contributed by atoms with E-state index in [4.69, 9.17) is 21.6 Å². The van der Waals surface area contributed by atoms with Crippen LogP contribution in [0.4, 0.5) is 4.39 Å². The van der Waals surface area contributed by atoms with Crippen LogP contribution in [0.1, 0.15) is 19.8 Å². The maximum Gasteiger partial charge on any atom is 0.321 e. The number of pyridine rings is 1. The molecule has 0 amide bonds. The quantitative estimate of drug-likeness (QED) is 0.260. The minimum Gasteiger partial charge on any atom is -0.424 e. The Kier molecular flexibility index (Phi) is 6.14. The Labute approximate surface area is 223 Å². The highest BCUT2D eigenvalue weighted by atomic mass is 35.5. The van der Waals surface area contributed by atoms with Gasteiger partial charge in [0.2, 0.25) is 0 Å². The molecule has 10 heteroatoms. The van der Waals surface area contributed by atoms with E-state index in [9.17, 15) is 0 Å². The van der Waals surface area contributed by atoms with Crippen LogP contribution in [-0.4, -0.2) is 49.0 Å². The molecular weight excluding hydrogens is 505 g/mol. The second-order valence-electron chi connectivity index (χ2n) is 9.66. The molecule has 1 fully saturated rings. The van der Waals surface area contributed by atoms with E-state index in [0.29, 0.717) is 34.0 Å². The molecule has 1 aliphatic heterocycles. The van der Waals surface area contributed by atoms with E-state index in [2.05, 4.69) is 42.4 Å². The Bertz CT molecular complexity index is 1690. The summed E-state index contributed by atoms with van der Waals surface area (Å²) in [6.07, 6.45) is 8.44. The number of likely N-dealkylation sites (tertiary alicyclic amines) is 1. The van der Waals surface area contributed by atoms with Crippen LogP contribution in [-0.2, 0) is 5.54 Å². The van der Waals surface area contributed by atoms with Gasteiger partial charge >= 0.3 is 6.01 Å². The van der Waals surface area contributed by atoms with Gasteiger partial charge in [0.15, 0.2) is 0 Å². The van der Waals surface area contributed by atoms with Crippen molar-refractivity contribution in [3.05, 3.63) is 72.2 Å². The van der Waals surface area contributed by atoms with Gasteiger partial charge in [-0.25, -0.2) is 19.3 Å². The van der Waals surface area contributed by atoms with Crippen LogP contribution in [0, 0.1) is 17.1 Å². The molecule has 190 valence electrons. The summed E-state index contributed by atoms with van der Waals surface area (Å²) in [6.45, 7) is 4.29. The van der Waals surface area contributed by atoms with Gasteiger partial charge in [-0.3, -0.25) is 9.88 Å². The van der Waals surface area contributed by atoms with Gasteiger partial charge < -0.3 is 9.30 Å². The zero-order valence-corrected chi connectivity index (χ0v) is 21.4. The molecule has 4 heterocycles. The van der Waals surface area contributed by atoms with Gasteiger partial charge in [-0.15, -0.1) is 0 Å². The zero-order chi connectivity index (χ0) is 26.3. The van der Waals surface area contributed by atoms with Gasteiger partial charge in [-0.05, 0) is 44.0 Å². The first-order valence-corrected chi connectivity index (χ1v) is 12.6. The molecule has 5 aromatic rings. The maximum atomic E-state index is 15.4. The molecule has 0 saturated carbocycles. The Balaban J connectivity index is 1.42. The van der Waals surface area contributed by atoms with Gasteiger partial charge in [0.1, 0.15) is 17.1 Å². The van der Waals surface area contributed by atoms with Crippen molar-refractivity contribution in [1.82, 2.24) is 29.4 Å². The SMILES string of the molecule is CC1(n2cnc3cnc4cc(F)c(-c5ccc(Oc6ncccn6)cc5Cl)cc4c32)CCN(CC#N)CC1. The summed E-state index contributed by atoms with van der Waals surface area (Å²) in [7, 11) is 0. The van der Waals surface area contributed by atoms with E-state index < -0.39 is 5.82 Å². The van der Waals surface area contributed by atoms with Gasteiger partial charge in [0.05, 0.1) is 41.2 Å². The molecule has 0 unspecified atom stereocenters. The van der Waals surface area contributed by atoms with Crippen molar-refractivity contribution in [2.75, 3.05) is 19.6 Å². The number of nitriles is 1. The molecule has 0 spiro atoms. The van der Waals surface area contributed by atoms with Crippen LogP contribution >= 0.6 is 11.6 Å². The Morgan fingerprint density at radius 1 is 1.05 bits per heavy atom. The van der Waals surface area contributed by atoms with E-state index in [1.807, 2.05) is 6.33 Å². The molecular formula is C28H23ClFN7O. The summed E-state index contributed by atoms with van der Waals surface area (Å²) < 4.78 is 23.3. The minimum absolute atomic E-state index is 0.195. The monoisotopic (exact) mass is 527 g/mol. The number of rotatable bonds is 5. The van der Waals surface area contributed by atoms with E-state index in [1.165, 1.54) is 6.07 Å². The summed E-state index contributed by atoms with van der Waals surface area (Å²) in [4.78, 5) is 19.4. The predicted octanol–water partition coefficient (Wildman–Crippen LogP) is 5.96. The van der Waals surface area contributed by atoms with Crippen LogP contribution in [0.15, 0.2) is 61.3 Å². The second-order valence-corrected chi connectivity index (χ2v) is 10.1. The Morgan fingerprint density at radius 3 is 2.58 bits per heavy atom. The van der Waals surface area contributed by atoms with Crippen molar-refractivity contribution in [2.24, 2.45) is 0 Å². The lowest BCUT2D eigenvalue weighted by molar-refractivity contribution is 0.138. The van der Waals surface area contributed by atoms with Gasteiger partial charge in [0, 0.05) is 59.7 Å². The van der Waals surface area contributed by atoms with Crippen LogP contribution in [0.25, 0.3) is 33.1 Å². The largest absolute Gasteiger partial charge is 0.424 e. The lowest BCUT2D eigenvalue weighted by Gasteiger charge is -2.40. The normalized spacial score (nSPS) is 15.5. The molecule has 0 atom stereocenters. The first kappa shape index (κ1) is 24.2. The topological polar surface area (TPSA) is 92.8 Å². The number of aromatic nitrogens is 5. The standard InChI is InChI=1S/C28H23ClFN7O/c1-28(5-10-36(11-6-28)12-7-31)37-17-35-25-16-34-24-15-23(30)20(14-21(24)26(25)37)19-4-3-18(13-22(19)29)38-27-32-8-2-9-33-27/h2-4,8-9,13-17H,5-6,10-12H2,1H3. The molecule has 6 rings (SSSR count). The van der Waals surface area contributed by atoms with Crippen molar-refractivity contribution in [1.29, 1.82) is 5.26 Å². The molecule has 0 radical (unpaired) electrons. The third-order valence-electron chi connectivity index (χ3n) is 7.25. The molecule has 0 aliphatic carbocycles. The third kappa shape index (κ3) is 4.32. The molecule has 8 nitrogen and oxygen atoms in total. The Hall–Kier alpha value is -4.13. The number of hydrogen-bond acceptors (Lipinski definition) is 7. The molecule has 38 heavy (non-hydrogen) atoms. The van der Waals surface area contributed by atoms with Crippen LogP contribution < -0.4 is 4.74 Å². The first-order valence-electron chi connectivity index (χ1n) is 12.2. The average Bonchev–Trinajstić information content (AvgIpc) is 3.37. The van der Waals surface area contributed by atoms with Crippen molar-refractivity contribution in [3.63, 3.8) is 0 Å². The lowest BCUT2D eigenvalue weighted by Crippen LogP contribution is -2.44.